The van der Waals surface area contributed by atoms with E-state index in [-0.39, 0.29) is 10.9 Å². The Morgan fingerprint density at radius 2 is 2.37 bits per heavy atom. The number of likely N-dealkylation sites (tertiary alicyclic amines) is 1. The summed E-state index contributed by atoms with van der Waals surface area (Å²) in [5.41, 5.74) is 0.376. The van der Waals surface area contributed by atoms with Gasteiger partial charge in [-0.3, -0.25) is 4.79 Å². The van der Waals surface area contributed by atoms with Crippen LogP contribution in [0.3, 0.4) is 0 Å². The lowest BCUT2D eigenvalue weighted by Crippen LogP contribution is -2.37. The molecular weight excluding hydrogens is 264 g/mol. The van der Waals surface area contributed by atoms with Crippen molar-refractivity contribution >= 4 is 23.2 Å². The Kier molecular flexibility index (Phi) is 3.26. The van der Waals surface area contributed by atoms with Gasteiger partial charge >= 0.3 is 5.97 Å². The number of nitrogens with zero attached hydrogens (tertiary/aromatic N) is 2. The van der Waals surface area contributed by atoms with Crippen LogP contribution in [0.5, 0.6) is 0 Å². The summed E-state index contributed by atoms with van der Waals surface area (Å²) in [6.45, 7) is 2.91. The summed E-state index contributed by atoms with van der Waals surface area (Å²) in [6, 6.07) is 0.380. The number of carbonyl (C=O) groups is 2. The van der Waals surface area contributed by atoms with Crippen molar-refractivity contribution in [3.63, 3.8) is 0 Å². The first-order valence-electron chi connectivity index (χ1n) is 6.62. The third kappa shape index (κ3) is 2.25. The van der Waals surface area contributed by atoms with Crippen molar-refractivity contribution in [2.75, 3.05) is 13.2 Å². The van der Waals surface area contributed by atoms with Crippen LogP contribution in [0.2, 0.25) is 0 Å². The molecule has 2 unspecified atom stereocenters. The van der Waals surface area contributed by atoms with E-state index in [1.165, 1.54) is 17.8 Å². The standard InChI is InChI=1S/C13H16N2O3S/c1-2-18-13(17)11-14-10(7-19-11)12(16)15-6-8-3-4-9(15)5-8/h7-9H,2-6H2,1H3. The minimum Gasteiger partial charge on any atom is -0.461 e. The van der Waals surface area contributed by atoms with Gasteiger partial charge in [0.05, 0.1) is 6.61 Å². The minimum atomic E-state index is -0.450. The van der Waals surface area contributed by atoms with Crippen molar-refractivity contribution in [1.29, 1.82) is 0 Å². The maximum absolute atomic E-state index is 12.3. The van der Waals surface area contributed by atoms with Crippen LogP contribution in [0.25, 0.3) is 0 Å². The quantitative estimate of drug-likeness (QED) is 0.794. The Morgan fingerprint density at radius 1 is 1.53 bits per heavy atom. The van der Waals surface area contributed by atoms with Crippen molar-refractivity contribution in [3.05, 3.63) is 16.1 Å². The Hall–Kier alpha value is -1.43. The molecule has 5 nitrogen and oxygen atoms in total. The predicted molar refractivity (Wildman–Crippen MR) is 70.2 cm³/mol. The molecule has 1 aromatic rings. The van der Waals surface area contributed by atoms with Gasteiger partial charge in [0.15, 0.2) is 0 Å². The fourth-order valence-electron chi connectivity index (χ4n) is 2.98. The summed E-state index contributed by atoms with van der Waals surface area (Å²) in [7, 11) is 0. The third-order valence-electron chi connectivity index (χ3n) is 3.84. The van der Waals surface area contributed by atoms with Crippen LogP contribution < -0.4 is 0 Å². The van der Waals surface area contributed by atoms with Gasteiger partial charge in [0, 0.05) is 18.0 Å². The van der Waals surface area contributed by atoms with Crippen LogP contribution in [-0.4, -0.2) is 41.0 Å². The van der Waals surface area contributed by atoms with E-state index in [2.05, 4.69) is 4.98 Å². The van der Waals surface area contributed by atoms with E-state index < -0.39 is 5.97 Å². The first kappa shape index (κ1) is 12.6. The van der Waals surface area contributed by atoms with Gasteiger partial charge in [-0.25, -0.2) is 9.78 Å². The number of carbonyl (C=O) groups excluding carboxylic acids is 2. The normalized spacial score (nSPS) is 24.8. The Bertz CT molecular complexity index is 514. The van der Waals surface area contributed by atoms with E-state index in [9.17, 15) is 9.59 Å². The van der Waals surface area contributed by atoms with Crippen LogP contribution in [0.1, 0.15) is 46.5 Å². The molecule has 1 aromatic heterocycles. The Balaban J connectivity index is 1.72. The van der Waals surface area contributed by atoms with Crippen molar-refractivity contribution in [2.45, 2.75) is 32.2 Å². The zero-order chi connectivity index (χ0) is 13.4. The van der Waals surface area contributed by atoms with Crippen LogP contribution in [0, 0.1) is 5.92 Å². The van der Waals surface area contributed by atoms with Gasteiger partial charge in [0.25, 0.3) is 5.91 Å². The number of amides is 1. The molecule has 3 rings (SSSR count). The maximum atomic E-state index is 12.3. The van der Waals surface area contributed by atoms with Crippen LogP contribution in [0.15, 0.2) is 5.38 Å². The molecule has 2 fully saturated rings. The number of thiazole rings is 1. The van der Waals surface area contributed by atoms with Crippen molar-refractivity contribution in [2.24, 2.45) is 5.92 Å². The van der Waals surface area contributed by atoms with E-state index in [1.807, 2.05) is 4.90 Å². The molecule has 0 N–H and O–H groups in total. The van der Waals surface area contributed by atoms with E-state index in [0.717, 1.165) is 19.4 Å². The van der Waals surface area contributed by atoms with Gasteiger partial charge in [-0.1, -0.05) is 0 Å². The smallest absolute Gasteiger partial charge is 0.367 e. The van der Waals surface area contributed by atoms with Crippen molar-refractivity contribution in [3.8, 4) is 0 Å². The monoisotopic (exact) mass is 280 g/mol. The number of rotatable bonds is 3. The molecule has 2 bridgehead atoms. The number of piperidine rings is 1. The molecule has 2 atom stereocenters. The Morgan fingerprint density at radius 3 is 3.00 bits per heavy atom. The van der Waals surface area contributed by atoms with Gasteiger partial charge in [0.1, 0.15) is 5.69 Å². The second-order valence-corrected chi connectivity index (χ2v) is 5.91. The SMILES string of the molecule is CCOC(=O)c1nc(C(=O)N2CC3CCC2C3)cs1. The topological polar surface area (TPSA) is 59.5 Å². The van der Waals surface area contributed by atoms with Crippen molar-refractivity contribution in [1.82, 2.24) is 9.88 Å². The van der Waals surface area contributed by atoms with Gasteiger partial charge in [-0.15, -0.1) is 11.3 Å². The molecule has 1 saturated heterocycles. The van der Waals surface area contributed by atoms with Gasteiger partial charge in [-0.05, 0) is 32.1 Å². The Labute approximate surface area is 115 Å². The first-order valence-corrected chi connectivity index (χ1v) is 7.50. The largest absolute Gasteiger partial charge is 0.461 e. The summed E-state index contributed by atoms with van der Waals surface area (Å²) in [6.07, 6.45) is 3.46. The number of esters is 1. The fourth-order valence-corrected chi connectivity index (χ4v) is 3.66. The molecule has 0 radical (unpaired) electrons. The number of hydrogen-bond donors (Lipinski definition) is 0. The lowest BCUT2D eigenvalue weighted by Gasteiger charge is -2.26. The highest BCUT2D eigenvalue weighted by Crippen LogP contribution is 2.38. The number of aromatic nitrogens is 1. The van der Waals surface area contributed by atoms with Crippen LogP contribution >= 0.6 is 11.3 Å². The molecule has 1 saturated carbocycles. The number of fused-ring (bicyclic) bond motifs is 2. The first-order chi connectivity index (χ1) is 9.19. The van der Waals surface area contributed by atoms with E-state index in [0.29, 0.717) is 24.3 Å². The fraction of sp³-hybridized carbons (Fsp3) is 0.615. The lowest BCUT2D eigenvalue weighted by molar-refractivity contribution is 0.0526. The average molecular weight is 280 g/mol. The molecule has 102 valence electrons. The highest BCUT2D eigenvalue weighted by atomic mass is 32.1. The highest BCUT2D eigenvalue weighted by molar-refractivity contribution is 7.11. The van der Waals surface area contributed by atoms with Crippen LogP contribution in [-0.2, 0) is 4.74 Å². The van der Waals surface area contributed by atoms with E-state index in [4.69, 9.17) is 4.74 Å². The van der Waals surface area contributed by atoms with Gasteiger partial charge < -0.3 is 9.64 Å². The molecule has 1 aliphatic carbocycles. The molecule has 19 heavy (non-hydrogen) atoms. The number of hydrogen-bond acceptors (Lipinski definition) is 5. The summed E-state index contributed by atoms with van der Waals surface area (Å²) < 4.78 is 4.88. The minimum absolute atomic E-state index is 0.0426. The number of ether oxygens (including phenoxy) is 1. The molecular formula is C13H16N2O3S. The zero-order valence-electron chi connectivity index (χ0n) is 10.8. The molecule has 0 aromatic carbocycles. The maximum Gasteiger partial charge on any atom is 0.367 e. The summed E-state index contributed by atoms with van der Waals surface area (Å²) >= 11 is 1.17. The molecule has 1 amide bonds. The molecule has 1 aliphatic heterocycles. The van der Waals surface area contributed by atoms with Gasteiger partial charge in [-0.2, -0.15) is 0 Å². The molecule has 2 aliphatic rings. The van der Waals surface area contributed by atoms with Crippen molar-refractivity contribution < 1.29 is 14.3 Å². The van der Waals surface area contributed by atoms with E-state index >= 15 is 0 Å². The summed E-state index contributed by atoms with van der Waals surface area (Å²) in [5.74, 6) is 0.172. The average Bonchev–Trinajstić information content (AvgIpc) is 3.13. The van der Waals surface area contributed by atoms with E-state index in [1.54, 1.807) is 12.3 Å². The molecule has 0 spiro atoms. The second kappa shape index (κ2) is 4.92. The highest BCUT2D eigenvalue weighted by Gasteiger charge is 2.41. The summed E-state index contributed by atoms with van der Waals surface area (Å²) in [4.78, 5) is 29.9. The second-order valence-electron chi connectivity index (χ2n) is 5.05. The molecule has 2 heterocycles. The van der Waals surface area contributed by atoms with Crippen LogP contribution in [0.4, 0.5) is 0 Å². The lowest BCUT2D eigenvalue weighted by atomic mass is 10.1. The summed E-state index contributed by atoms with van der Waals surface area (Å²) in [5, 5.41) is 1.91. The third-order valence-corrected chi connectivity index (χ3v) is 4.67. The van der Waals surface area contributed by atoms with Gasteiger partial charge in [0.2, 0.25) is 5.01 Å². The predicted octanol–water partition coefficient (Wildman–Crippen LogP) is 1.94. The zero-order valence-corrected chi connectivity index (χ0v) is 11.6. The molecule has 6 heteroatoms.